The van der Waals surface area contributed by atoms with E-state index in [-0.39, 0.29) is 17.8 Å². The minimum Gasteiger partial charge on any atom is -0.466 e. The molecule has 0 heterocycles. The van der Waals surface area contributed by atoms with E-state index in [9.17, 15) is 9.59 Å². The molecule has 5 nitrogen and oxygen atoms in total. The van der Waals surface area contributed by atoms with Gasteiger partial charge in [-0.1, -0.05) is 19.1 Å². The Labute approximate surface area is 125 Å². The molecule has 5 heteroatoms. The van der Waals surface area contributed by atoms with Crippen LogP contribution >= 0.6 is 0 Å². The monoisotopic (exact) mass is 292 g/mol. The fraction of sp³-hybridized carbons (Fsp3) is 0.500. The van der Waals surface area contributed by atoms with Gasteiger partial charge in [0.15, 0.2) is 0 Å². The number of hydrogen-bond donors (Lipinski definition) is 2. The van der Waals surface area contributed by atoms with Crippen LogP contribution in [0.5, 0.6) is 0 Å². The molecule has 1 aromatic rings. The Morgan fingerprint density at radius 2 is 1.95 bits per heavy atom. The lowest BCUT2D eigenvalue weighted by Crippen LogP contribution is -2.26. The lowest BCUT2D eigenvalue weighted by Gasteiger charge is -2.12. The number of amides is 1. The minimum absolute atomic E-state index is 0.0109. The zero-order valence-electron chi connectivity index (χ0n) is 12.7. The molecule has 1 amide bonds. The fourth-order valence-corrected chi connectivity index (χ4v) is 1.99. The molecular formula is C16H24N2O3. The van der Waals surface area contributed by atoms with Crippen molar-refractivity contribution in [1.82, 2.24) is 5.32 Å². The van der Waals surface area contributed by atoms with Gasteiger partial charge in [-0.2, -0.15) is 0 Å². The first-order valence-corrected chi connectivity index (χ1v) is 7.30. The highest BCUT2D eigenvalue weighted by Crippen LogP contribution is 2.19. The Balaban J connectivity index is 2.24. The van der Waals surface area contributed by atoms with E-state index in [2.05, 4.69) is 5.32 Å². The number of hydrogen-bond acceptors (Lipinski definition) is 4. The number of ether oxygens (including phenoxy) is 1. The molecule has 21 heavy (non-hydrogen) atoms. The molecule has 0 aliphatic rings. The summed E-state index contributed by atoms with van der Waals surface area (Å²) < 4.78 is 4.82. The van der Waals surface area contributed by atoms with E-state index in [1.54, 1.807) is 6.92 Å². The smallest absolute Gasteiger partial charge is 0.305 e. The Kier molecular flexibility index (Phi) is 7.29. The third-order valence-corrected chi connectivity index (χ3v) is 3.18. The molecule has 0 spiro atoms. The van der Waals surface area contributed by atoms with Crippen LogP contribution in [0.25, 0.3) is 0 Å². The van der Waals surface area contributed by atoms with Crippen LogP contribution in [0, 0.1) is 0 Å². The molecule has 0 radical (unpaired) electrons. The summed E-state index contributed by atoms with van der Waals surface area (Å²) in [6.45, 7) is 4.67. The van der Waals surface area contributed by atoms with Crippen LogP contribution in [0.2, 0.25) is 0 Å². The summed E-state index contributed by atoms with van der Waals surface area (Å²) in [5.74, 6) is -0.0965. The van der Waals surface area contributed by atoms with E-state index < -0.39 is 0 Å². The van der Waals surface area contributed by atoms with Crippen molar-refractivity contribution in [2.24, 2.45) is 0 Å². The minimum atomic E-state index is -0.220. The number of carbonyl (C=O) groups is 2. The van der Waals surface area contributed by atoms with E-state index in [1.807, 2.05) is 31.2 Å². The number of nitrogens with one attached hydrogen (secondary N) is 1. The molecule has 0 saturated heterocycles. The third kappa shape index (κ3) is 6.79. The molecule has 1 rings (SSSR count). The number of nitrogen functional groups attached to an aromatic ring is 1. The number of benzene rings is 1. The van der Waals surface area contributed by atoms with E-state index in [0.717, 1.165) is 11.3 Å². The maximum absolute atomic E-state index is 11.8. The van der Waals surface area contributed by atoms with Gasteiger partial charge in [0.2, 0.25) is 5.91 Å². The van der Waals surface area contributed by atoms with Crippen LogP contribution in [0.1, 0.15) is 44.6 Å². The second kappa shape index (κ2) is 9.00. The highest BCUT2D eigenvalue weighted by Gasteiger charge is 2.11. The van der Waals surface area contributed by atoms with Crippen molar-refractivity contribution in [3.8, 4) is 0 Å². The summed E-state index contributed by atoms with van der Waals surface area (Å²) in [6, 6.07) is 7.55. The molecule has 1 atom stereocenters. The normalized spacial score (nSPS) is 11.7. The van der Waals surface area contributed by atoms with Crippen molar-refractivity contribution in [3.63, 3.8) is 0 Å². The summed E-state index contributed by atoms with van der Waals surface area (Å²) in [4.78, 5) is 22.9. The molecule has 0 aromatic heterocycles. The van der Waals surface area contributed by atoms with Gasteiger partial charge in [0, 0.05) is 25.1 Å². The third-order valence-electron chi connectivity index (χ3n) is 3.18. The van der Waals surface area contributed by atoms with Crippen molar-refractivity contribution < 1.29 is 14.3 Å². The van der Waals surface area contributed by atoms with Crippen molar-refractivity contribution in [1.29, 1.82) is 0 Å². The molecule has 0 fully saturated rings. The number of carbonyl (C=O) groups excluding carboxylic acids is 2. The zero-order chi connectivity index (χ0) is 15.7. The van der Waals surface area contributed by atoms with Gasteiger partial charge < -0.3 is 15.8 Å². The van der Waals surface area contributed by atoms with Crippen molar-refractivity contribution in [2.75, 3.05) is 18.9 Å². The van der Waals surface area contributed by atoms with Crippen LogP contribution in [-0.4, -0.2) is 25.0 Å². The van der Waals surface area contributed by atoms with Crippen LogP contribution in [0.15, 0.2) is 24.3 Å². The number of rotatable bonds is 8. The van der Waals surface area contributed by atoms with Crippen LogP contribution in [-0.2, 0) is 14.3 Å². The van der Waals surface area contributed by atoms with Gasteiger partial charge in [-0.15, -0.1) is 0 Å². The Hall–Kier alpha value is -2.04. The predicted molar refractivity (Wildman–Crippen MR) is 82.8 cm³/mol. The maximum atomic E-state index is 11.8. The van der Waals surface area contributed by atoms with Gasteiger partial charge in [0.1, 0.15) is 0 Å². The van der Waals surface area contributed by atoms with Crippen LogP contribution in [0.4, 0.5) is 5.69 Å². The first kappa shape index (κ1) is 17.0. The molecule has 3 N–H and O–H groups in total. The van der Waals surface area contributed by atoms with Crippen LogP contribution in [0.3, 0.4) is 0 Å². The summed E-state index contributed by atoms with van der Waals surface area (Å²) in [5.41, 5.74) is 7.44. The van der Waals surface area contributed by atoms with Crippen molar-refractivity contribution >= 4 is 17.6 Å². The summed E-state index contributed by atoms with van der Waals surface area (Å²) in [7, 11) is 0. The maximum Gasteiger partial charge on any atom is 0.305 e. The predicted octanol–water partition coefficient (Wildman–Crippen LogP) is 2.22. The summed E-state index contributed by atoms with van der Waals surface area (Å²) in [5, 5.41) is 2.82. The quantitative estimate of drug-likeness (QED) is 0.437. The first-order valence-electron chi connectivity index (χ1n) is 7.30. The number of esters is 1. The molecule has 1 unspecified atom stereocenters. The van der Waals surface area contributed by atoms with Gasteiger partial charge in [-0.05, 0) is 37.0 Å². The van der Waals surface area contributed by atoms with Gasteiger partial charge in [0.05, 0.1) is 6.61 Å². The molecule has 0 bridgehead atoms. The fourth-order valence-electron chi connectivity index (χ4n) is 1.99. The molecule has 0 aliphatic heterocycles. The lowest BCUT2D eigenvalue weighted by molar-refractivity contribution is -0.143. The second-order valence-electron chi connectivity index (χ2n) is 5.03. The summed E-state index contributed by atoms with van der Waals surface area (Å²) >= 11 is 0. The summed E-state index contributed by atoms with van der Waals surface area (Å²) in [6.07, 6.45) is 1.35. The largest absolute Gasteiger partial charge is 0.466 e. The first-order chi connectivity index (χ1) is 10.0. The highest BCUT2D eigenvalue weighted by molar-refractivity contribution is 5.77. The number of nitrogens with two attached hydrogens (primary N) is 1. The van der Waals surface area contributed by atoms with Crippen molar-refractivity contribution in [2.45, 2.75) is 39.0 Å². The van der Waals surface area contributed by atoms with Crippen LogP contribution < -0.4 is 11.1 Å². The Morgan fingerprint density at radius 3 is 2.57 bits per heavy atom. The molecule has 0 aliphatic carbocycles. The second-order valence-corrected chi connectivity index (χ2v) is 5.03. The van der Waals surface area contributed by atoms with E-state index in [4.69, 9.17) is 10.5 Å². The van der Waals surface area contributed by atoms with E-state index in [0.29, 0.717) is 32.4 Å². The zero-order valence-corrected chi connectivity index (χ0v) is 12.7. The SMILES string of the molecule is CCOC(=O)CCCNC(=O)CC(C)c1ccc(N)cc1. The van der Waals surface area contributed by atoms with E-state index in [1.165, 1.54) is 0 Å². The molecule has 1 aromatic carbocycles. The number of anilines is 1. The van der Waals surface area contributed by atoms with Gasteiger partial charge >= 0.3 is 5.97 Å². The Bertz CT molecular complexity index is 457. The lowest BCUT2D eigenvalue weighted by atomic mass is 9.97. The highest BCUT2D eigenvalue weighted by atomic mass is 16.5. The average Bonchev–Trinajstić information content (AvgIpc) is 2.44. The van der Waals surface area contributed by atoms with E-state index >= 15 is 0 Å². The standard InChI is InChI=1S/C16H24N2O3/c1-3-21-16(20)5-4-10-18-15(19)11-12(2)13-6-8-14(17)9-7-13/h6-9,12H,3-5,10-11,17H2,1-2H3,(H,18,19). The topological polar surface area (TPSA) is 81.4 Å². The average molecular weight is 292 g/mol. The van der Waals surface area contributed by atoms with Gasteiger partial charge in [-0.3, -0.25) is 9.59 Å². The molecule has 116 valence electrons. The Morgan fingerprint density at radius 1 is 1.29 bits per heavy atom. The molecule has 0 saturated carbocycles. The van der Waals surface area contributed by atoms with Crippen molar-refractivity contribution in [3.05, 3.63) is 29.8 Å². The molecular weight excluding hydrogens is 268 g/mol. The van der Waals surface area contributed by atoms with Gasteiger partial charge in [0.25, 0.3) is 0 Å². The van der Waals surface area contributed by atoms with Gasteiger partial charge in [-0.25, -0.2) is 0 Å².